The Labute approximate surface area is 96.8 Å². The molecule has 0 bridgehead atoms. The summed E-state index contributed by atoms with van der Waals surface area (Å²) >= 11 is 1.06. The third-order valence-electron chi connectivity index (χ3n) is 2.22. The molecule has 0 fully saturated rings. The lowest BCUT2D eigenvalue weighted by molar-refractivity contribution is 0.111. The fourth-order valence-electron chi connectivity index (χ4n) is 1.56. The number of aromatic nitrogens is 1. The van der Waals surface area contributed by atoms with Gasteiger partial charge in [0.15, 0.2) is 6.29 Å². The van der Waals surface area contributed by atoms with Crippen LogP contribution in [0.15, 0.2) is 24.3 Å². The highest BCUT2D eigenvalue weighted by atomic mass is 32.2. The van der Waals surface area contributed by atoms with Crippen LogP contribution in [0.5, 0.6) is 0 Å². The first kappa shape index (κ1) is 10.7. The Morgan fingerprint density at radius 1 is 1.56 bits per heavy atom. The summed E-state index contributed by atoms with van der Waals surface area (Å²) in [6, 6.07) is 9.13. The zero-order valence-corrected chi connectivity index (χ0v) is 9.32. The van der Waals surface area contributed by atoms with Gasteiger partial charge in [-0.2, -0.15) is 5.26 Å². The van der Waals surface area contributed by atoms with Crippen LogP contribution >= 0.6 is 12.2 Å². The van der Waals surface area contributed by atoms with Gasteiger partial charge >= 0.3 is 0 Å². The van der Waals surface area contributed by atoms with Gasteiger partial charge in [0.05, 0.1) is 30.0 Å². The maximum Gasteiger partial charge on any atom is 0.167 e. The SMILES string of the molecule is COSn1c(C=O)cc2c(C#N)cccc21. The number of carbonyl (C=O) groups excluding carboxylic acids is 1. The van der Waals surface area contributed by atoms with E-state index in [0.717, 1.165) is 29.4 Å². The van der Waals surface area contributed by atoms with E-state index >= 15 is 0 Å². The summed E-state index contributed by atoms with van der Waals surface area (Å²) in [4.78, 5) is 10.9. The van der Waals surface area contributed by atoms with Crippen LogP contribution in [0.3, 0.4) is 0 Å². The third-order valence-corrected chi connectivity index (χ3v) is 2.92. The number of nitrogens with zero attached hydrogens (tertiary/aromatic N) is 2. The number of hydrogen-bond acceptors (Lipinski definition) is 4. The maximum atomic E-state index is 10.9. The van der Waals surface area contributed by atoms with E-state index in [9.17, 15) is 4.79 Å². The number of aldehydes is 1. The van der Waals surface area contributed by atoms with Crippen LogP contribution in [0.4, 0.5) is 0 Å². The molecular weight excluding hydrogens is 224 g/mol. The van der Waals surface area contributed by atoms with Crippen LogP contribution in [0.2, 0.25) is 0 Å². The van der Waals surface area contributed by atoms with Gasteiger partial charge in [0.25, 0.3) is 0 Å². The minimum atomic E-state index is 0.476. The molecule has 0 aliphatic carbocycles. The Balaban J connectivity index is 2.78. The number of benzene rings is 1. The van der Waals surface area contributed by atoms with Crippen molar-refractivity contribution < 1.29 is 8.98 Å². The van der Waals surface area contributed by atoms with Gasteiger partial charge in [0, 0.05) is 5.39 Å². The first-order valence-corrected chi connectivity index (χ1v) is 5.22. The van der Waals surface area contributed by atoms with Crippen LogP contribution in [0.25, 0.3) is 10.9 Å². The fourth-order valence-corrected chi connectivity index (χ4v) is 2.13. The second kappa shape index (κ2) is 4.39. The van der Waals surface area contributed by atoms with Crippen LogP contribution in [0.1, 0.15) is 16.1 Å². The van der Waals surface area contributed by atoms with Crippen LogP contribution in [-0.2, 0) is 4.18 Å². The average Bonchev–Trinajstić information content (AvgIpc) is 2.68. The van der Waals surface area contributed by atoms with Gasteiger partial charge in [0.2, 0.25) is 0 Å². The largest absolute Gasteiger partial charge is 0.300 e. The summed E-state index contributed by atoms with van der Waals surface area (Å²) in [5.41, 5.74) is 1.83. The molecule has 2 aromatic rings. The summed E-state index contributed by atoms with van der Waals surface area (Å²) in [7, 11) is 1.53. The molecule has 0 amide bonds. The van der Waals surface area contributed by atoms with E-state index in [1.165, 1.54) is 7.11 Å². The van der Waals surface area contributed by atoms with E-state index in [0.29, 0.717) is 11.3 Å². The van der Waals surface area contributed by atoms with E-state index in [1.54, 1.807) is 22.2 Å². The summed E-state index contributed by atoms with van der Waals surface area (Å²) in [6.45, 7) is 0. The summed E-state index contributed by atoms with van der Waals surface area (Å²) in [6.07, 6.45) is 0.743. The number of nitriles is 1. The second-order valence-corrected chi connectivity index (χ2v) is 3.92. The molecular formula is C11H8N2O2S. The normalized spacial score (nSPS) is 10.2. The number of rotatable bonds is 3. The van der Waals surface area contributed by atoms with Gasteiger partial charge < -0.3 is 0 Å². The number of hydrogen-bond donors (Lipinski definition) is 0. The summed E-state index contributed by atoms with van der Waals surface area (Å²) in [5, 5.41) is 9.71. The smallest absolute Gasteiger partial charge is 0.167 e. The quantitative estimate of drug-likeness (QED) is 0.602. The molecule has 0 saturated carbocycles. The molecule has 0 spiro atoms. The highest BCUT2D eigenvalue weighted by Crippen LogP contribution is 2.26. The molecule has 0 N–H and O–H groups in total. The van der Waals surface area contributed by atoms with Crippen molar-refractivity contribution in [3.05, 3.63) is 35.5 Å². The molecule has 0 radical (unpaired) electrons. The van der Waals surface area contributed by atoms with E-state index in [2.05, 4.69) is 6.07 Å². The van der Waals surface area contributed by atoms with Gasteiger partial charge in [-0.3, -0.25) is 13.0 Å². The molecule has 5 heteroatoms. The predicted octanol–water partition coefficient (Wildman–Crippen LogP) is 2.38. The van der Waals surface area contributed by atoms with E-state index in [4.69, 9.17) is 9.44 Å². The highest BCUT2D eigenvalue weighted by molar-refractivity contribution is 7.93. The van der Waals surface area contributed by atoms with Crippen molar-refractivity contribution in [2.75, 3.05) is 7.11 Å². The fraction of sp³-hybridized carbons (Fsp3) is 0.0909. The van der Waals surface area contributed by atoms with E-state index in [-0.39, 0.29) is 0 Å². The maximum absolute atomic E-state index is 10.9. The molecule has 1 heterocycles. The molecule has 16 heavy (non-hydrogen) atoms. The van der Waals surface area contributed by atoms with Crippen molar-refractivity contribution in [2.45, 2.75) is 0 Å². The monoisotopic (exact) mass is 232 g/mol. The molecule has 80 valence electrons. The van der Waals surface area contributed by atoms with Gasteiger partial charge in [-0.25, -0.2) is 0 Å². The Hall–Kier alpha value is -1.77. The number of carbonyl (C=O) groups is 1. The topological polar surface area (TPSA) is 55.0 Å². The Bertz CT molecular complexity index is 583. The molecule has 0 unspecified atom stereocenters. The van der Waals surface area contributed by atoms with Crippen molar-refractivity contribution in [3.8, 4) is 6.07 Å². The summed E-state index contributed by atoms with van der Waals surface area (Å²) < 4.78 is 6.60. The predicted molar refractivity (Wildman–Crippen MR) is 62.0 cm³/mol. The zero-order chi connectivity index (χ0) is 11.5. The molecule has 2 rings (SSSR count). The molecule has 0 atom stereocenters. The Morgan fingerprint density at radius 2 is 2.38 bits per heavy atom. The third kappa shape index (κ3) is 1.58. The lowest BCUT2D eigenvalue weighted by Crippen LogP contribution is -1.92. The van der Waals surface area contributed by atoms with Crippen LogP contribution in [-0.4, -0.2) is 17.4 Å². The highest BCUT2D eigenvalue weighted by Gasteiger charge is 2.11. The number of fused-ring (bicyclic) bond motifs is 1. The molecule has 4 nitrogen and oxygen atoms in total. The zero-order valence-electron chi connectivity index (χ0n) is 8.51. The van der Waals surface area contributed by atoms with Gasteiger partial charge in [-0.1, -0.05) is 6.07 Å². The average molecular weight is 232 g/mol. The second-order valence-electron chi connectivity index (χ2n) is 3.07. The molecule has 1 aromatic heterocycles. The molecule has 1 aromatic carbocycles. The van der Waals surface area contributed by atoms with E-state index < -0.39 is 0 Å². The van der Waals surface area contributed by atoms with E-state index in [1.807, 2.05) is 6.07 Å². The molecule has 0 saturated heterocycles. The van der Waals surface area contributed by atoms with Gasteiger partial charge in [0.1, 0.15) is 12.2 Å². The van der Waals surface area contributed by atoms with Crippen LogP contribution < -0.4 is 0 Å². The first-order valence-electron chi connectivity index (χ1n) is 4.52. The van der Waals surface area contributed by atoms with Crippen molar-refractivity contribution in [1.29, 1.82) is 5.26 Å². The lowest BCUT2D eigenvalue weighted by atomic mass is 10.1. The lowest BCUT2D eigenvalue weighted by Gasteiger charge is -2.02. The molecule has 0 aliphatic heterocycles. The van der Waals surface area contributed by atoms with Crippen LogP contribution in [0, 0.1) is 11.3 Å². The Morgan fingerprint density at radius 3 is 3.00 bits per heavy atom. The molecule has 0 aliphatic rings. The minimum absolute atomic E-state index is 0.476. The Kier molecular flexibility index (Phi) is 2.95. The standard InChI is InChI=1S/C11H8N2O2S/c1-15-16-13-9(7-14)5-10-8(6-12)3-2-4-11(10)13/h2-5,7H,1H3. The van der Waals surface area contributed by atoms with Gasteiger partial charge in [-0.05, 0) is 18.2 Å². The summed E-state index contributed by atoms with van der Waals surface area (Å²) in [5.74, 6) is 0. The van der Waals surface area contributed by atoms with Crippen molar-refractivity contribution >= 4 is 29.4 Å². The van der Waals surface area contributed by atoms with Crippen molar-refractivity contribution in [3.63, 3.8) is 0 Å². The van der Waals surface area contributed by atoms with Crippen molar-refractivity contribution in [2.24, 2.45) is 0 Å². The first-order chi connectivity index (χ1) is 7.81. The van der Waals surface area contributed by atoms with Crippen molar-refractivity contribution in [1.82, 2.24) is 3.97 Å². The minimum Gasteiger partial charge on any atom is -0.300 e. The van der Waals surface area contributed by atoms with Gasteiger partial charge in [-0.15, -0.1) is 0 Å².